The van der Waals surface area contributed by atoms with Gasteiger partial charge in [-0.15, -0.1) is 0 Å². The maximum Gasteiger partial charge on any atom is 0.0484 e. The van der Waals surface area contributed by atoms with Crippen LogP contribution < -0.4 is 0 Å². The van der Waals surface area contributed by atoms with Gasteiger partial charge in [-0.05, 0) is 67.7 Å². The predicted molar refractivity (Wildman–Crippen MR) is 132 cm³/mol. The van der Waals surface area contributed by atoms with E-state index in [1.54, 1.807) is 0 Å². The second-order valence-electron chi connectivity index (χ2n) is 7.62. The average Bonchev–Trinajstić information content (AvgIpc) is 2.77. The molecule has 0 saturated carbocycles. The van der Waals surface area contributed by atoms with E-state index in [1.165, 1.54) is 32.7 Å². The second-order valence-corrected chi connectivity index (χ2v) is 8.43. The molecule has 0 radical (unpaired) electrons. The lowest BCUT2D eigenvalue weighted by Crippen LogP contribution is -1.90. The van der Waals surface area contributed by atoms with E-state index in [-0.39, 0.29) is 0 Å². The molecule has 0 amide bonds. The third kappa shape index (κ3) is 2.55. The highest BCUT2D eigenvalue weighted by Gasteiger charge is 2.17. The molecule has 0 spiro atoms. The van der Waals surface area contributed by atoms with Crippen molar-refractivity contribution in [3.63, 3.8) is 0 Å². The Kier molecular flexibility index (Phi) is 3.99. The highest BCUT2D eigenvalue weighted by molar-refractivity contribution is 6.39. The van der Waals surface area contributed by atoms with E-state index in [1.807, 2.05) is 24.3 Å². The normalized spacial score (nSPS) is 11.7. The van der Waals surface area contributed by atoms with E-state index < -0.39 is 0 Å². The van der Waals surface area contributed by atoms with Crippen LogP contribution in [0.3, 0.4) is 0 Å². The summed E-state index contributed by atoms with van der Waals surface area (Å²) in [5, 5.41) is 10.7. The molecular weight excluding hydrogens is 407 g/mol. The van der Waals surface area contributed by atoms with Crippen LogP contribution in [-0.2, 0) is 0 Å². The molecule has 0 aromatic heterocycles. The average molecular weight is 423 g/mol. The van der Waals surface area contributed by atoms with Gasteiger partial charge in [0, 0.05) is 20.8 Å². The number of hydrogen-bond acceptors (Lipinski definition) is 0. The van der Waals surface area contributed by atoms with E-state index in [2.05, 4.69) is 72.8 Å². The SMILES string of the molecule is Clc1cccc2c(-c3c4ccccc4cc4c(Cl)cccc34)c3ccccc3cc12. The highest BCUT2D eigenvalue weighted by atomic mass is 35.5. The number of fused-ring (bicyclic) bond motifs is 4. The fourth-order valence-corrected chi connectivity index (χ4v) is 5.10. The summed E-state index contributed by atoms with van der Waals surface area (Å²) in [4.78, 5) is 0. The zero-order valence-corrected chi connectivity index (χ0v) is 17.5. The van der Waals surface area contributed by atoms with Gasteiger partial charge in [-0.3, -0.25) is 0 Å². The third-order valence-electron chi connectivity index (χ3n) is 5.95. The molecule has 0 saturated heterocycles. The largest absolute Gasteiger partial charge is 0.0837 e. The zero-order valence-electron chi connectivity index (χ0n) is 16.0. The third-order valence-corrected chi connectivity index (χ3v) is 6.61. The van der Waals surface area contributed by atoms with Crippen molar-refractivity contribution in [2.24, 2.45) is 0 Å². The summed E-state index contributed by atoms with van der Waals surface area (Å²) in [7, 11) is 0. The van der Waals surface area contributed by atoms with E-state index in [4.69, 9.17) is 23.2 Å². The first-order valence-corrected chi connectivity index (χ1v) is 10.7. The van der Waals surface area contributed by atoms with Crippen molar-refractivity contribution in [3.05, 3.63) is 107 Å². The molecule has 6 aromatic carbocycles. The van der Waals surface area contributed by atoms with Crippen molar-refractivity contribution in [2.45, 2.75) is 0 Å². The number of rotatable bonds is 1. The summed E-state index contributed by atoms with van der Waals surface area (Å²) in [6.07, 6.45) is 0. The lowest BCUT2D eigenvalue weighted by molar-refractivity contribution is 1.72. The molecule has 0 aliphatic carbocycles. The highest BCUT2D eigenvalue weighted by Crippen LogP contribution is 2.45. The standard InChI is InChI=1S/C28H16Cl2/c29-25-13-5-11-21-23(25)15-17-7-1-3-9-19(17)27(21)28-20-10-4-2-8-18(20)16-24-22(28)12-6-14-26(24)30/h1-16H. The minimum atomic E-state index is 0.766. The fraction of sp³-hybridized carbons (Fsp3) is 0. The Morgan fingerprint density at radius 1 is 0.367 bits per heavy atom. The van der Waals surface area contributed by atoms with Crippen LogP contribution in [0.1, 0.15) is 0 Å². The molecule has 0 aliphatic heterocycles. The summed E-state index contributed by atoms with van der Waals surface area (Å²) in [5.74, 6) is 0. The Morgan fingerprint density at radius 2 is 0.767 bits per heavy atom. The molecule has 0 unspecified atom stereocenters. The van der Waals surface area contributed by atoms with Gasteiger partial charge in [-0.25, -0.2) is 0 Å². The van der Waals surface area contributed by atoms with Crippen LogP contribution in [0.15, 0.2) is 97.1 Å². The first kappa shape index (κ1) is 17.8. The quantitative estimate of drug-likeness (QED) is 0.231. The van der Waals surface area contributed by atoms with Crippen molar-refractivity contribution in [2.75, 3.05) is 0 Å². The Morgan fingerprint density at radius 3 is 1.23 bits per heavy atom. The lowest BCUT2D eigenvalue weighted by atomic mass is 9.86. The molecule has 6 aromatic rings. The molecule has 6 rings (SSSR count). The van der Waals surface area contributed by atoms with Gasteiger partial charge in [-0.2, -0.15) is 0 Å². The van der Waals surface area contributed by atoms with Crippen LogP contribution in [0.5, 0.6) is 0 Å². The van der Waals surface area contributed by atoms with Crippen LogP contribution in [0, 0.1) is 0 Å². The molecule has 2 heteroatoms. The maximum absolute atomic E-state index is 6.66. The summed E-state index contributed by atoms with van der Waals surface area (Å²) in [6, 6.07) is 33.8. The molecule has 0 N–H and O–H groups in total. The predicted octanol–water partition coefficient (Wildman–Crippen LogP) is 9.27. The zero-order chi connectivity index (χ0) is 20.2. The lowest BCUT2D eigenvalue weighted by Gasteiger charge is -2.18. The van der Waals surface area contributed by atoms with Gasteiger partial charge in [0.15, 0.2) is 0 Å². The fourth-order valence-electron chi connectivity index (χ4n) is 4.64. The Balaban J connectivity index is 1.96. The first-order chi connectivity index (χ1) is 14.7. The molecule has 0 nitrogen and oxygen atoms in total. The summed E-state index contributed by atoms with van der Waals surface area (Å²) in [5.41, 5.74) is 2.41. The van der Waals surface area contributed by atoms with Crippen LogP contribution in [0.25, 0.3) is 54.2 Å². The Hall–Kier alpha value is -3.06. The monoisotopic (exact) mass is 422 g/mol. The van der Waals surface area contributed by atoms with Gasteiger partial charge < -0.3 is 0 Å². The molecule has 142 valence electrons. The summed E-state index contributed by atoms with van der Waals surface area (Å²) >= 11 is 13.3. The van der Waals surface area contributed by atoms with Gasteiger partial charge in [-0.1, -0.05) is 96.0 Å². The van der Waals surface area contributed by atoms with E-state index in [9.17, 15) is 0 Å². The number of benzene rings is 6. The Labute approximate surface area is 184 Å². The molecule has 0 heterocycles. The van der Waals surface area contributed by atoms with E-state index in [0.29, 0.717) is 0 Å². The van der Waals surface area contributed by atoms with Gasteiger partial charge in [0.2, 0.25) is 0 Å². The first-order valence-electron chi connectivity index (χ1n) is 9.93. The summed E-state index contributed by atoms with van der Waals surface area (Å²) < 4.78 is 0. The van der Waals surface area contributed by atoms with Crippen LogP contribution in [-0.4, -0.2) is 0 Å². The molecular formula is C28H16Cl2. The van der Waals surface area contributed by atoms with E-state index >= 15 is 0 Å². The van der Waals surface area contributed by atoms with Crippen LogP contribution in [0.2, 0.25) is 10.0 Å². The van der Waals surface area contributed by atoms with Crippen molar-refractivity contribution >= 4 is 66.3 Å². The van der Waals surface area contributed by atoms with Crippen LogP contribution >= 0.6 is 23.2 Å². The van der Waals surface area contributed by atoms with Gasteiger partial charge in [0.25, 0.3) is 0 Å². The van der Waals surface area contributed by atoms with Crippen molar-refractivity contribution in [1.82, 2.24) is 0 Å². The van der Waals surface area contributed by atoms with Gasteiger partial charge in [0.1, 0.15) is 0 Å². The van der Waals surface area contributed by atoms with E-state index in [0.717, 1.165) is 31.6 Å². The molecule has 0 atom stereocenters. The molecule has 0 aliphatic rings. The van der Waals surface area contributed by atoms with Gasteiger partial charge in [0.05, 0.1) is 0 Å². The van der Waals surface area contributed by atoms with Crippen molar-refractivity contribution in [3.8, 4) is 11.1 Å². The summed E-state index contributed by atoms with van der Waals surface area (Å²) in [6.45, 7) is 0. The van der Waals surface area contributed by atoms with Crippen LogP contribution in [0.4, 0.5) is 0 Å². The second kappa shape index (κ2) is 6.74. The minimum absolute atomic E-state index is 0.766. The smallest absolute Gasteiger partial charge is 0.0484 e. The topological polar surface area (TPSA) is 0 Å². The maximum atomic E-state index is 6.66. The number of halogens is 2. The minimum Gasteiger partial charge on any atom is -0.0837 e. The van der Waals surface area contributed by atoms with Gasteiger partial charge >= 0.3 is 0 Å². The molecule has 0 bridgehead atoms. The molecule has 30 heavy (non-hydrogen) atoms. The molecule has 0 fully saturated rings. The van der Waals surface area contributed by atoms with Crippen molar-refractivity contribution in [1.29, 1.82) is 0 Å². The van der Waals surface area contributed by atoms with Crippen molar-refractivity contribution < 1.29 is 0 Å². The Bertz CT molecular complexity index is 1490. The number of hydrogen-bond donors (Lipinski definition) is 0.